The van der Waals surface area contributed by atoms with Crippen molar-refractivity contribution in [3.05, 3.63) is 0 Å². The summed E-state index contributed by atoms with van der Waals surface area (Å²) in [5, 5.41) is 11.2. The van der Waals surface area contributed by atoms with E-state index in [0.29, 0.717) is 30.7 Å². The van der Waals surface area contributed by atoms with E-state index in [1.165, 1.54) is 19.3 Å². The summed E-state index contributed by atoms with van der Waals surface area (Å²) in [5.74, 6) is 0.0823. The molecule has 4 saturated carbocycles. The second kappa shape index (κ2) is 6.50. The lowest BCUT2D eigenvalue weighted by atomic mass is 9.49. The fraction of sp³-hybridized carbons (Fsp3) is 0.842. The summed E-state index contributed by atoms with van der Waals surface area (Å²) in [7, 11) is 0. The molecule has 5 fully saturated rings. The Balaban J connectivity index is 1.49. The number of nitrogens with one attached hydrogen (secondary N) is 1. The Hall–Kier alpha value is -1.66. The number of carboxylic acids is 1. The highest BCUT2D eigenvalue weighted by molar-refractivity contribution is 5.92. The highest BCUT2D eigenvalue weighted by atomic mass is 19.1. The number of carboxylic acid groups (broad SMARTS) is 1. The molecule has 2 unspecified atom stereocenters. The molecule has 26 heavy (non-hydrogen) atoms. The Morgan fingerprint density at radius 1 is 1.12 bits per heavy atom. The monoisotopic (exact) mass is 366 g/mol. The molecule has 0 spiro atoms. The van der Waals surface area contributed by atoms with Crippen LogP contribution in [0.5, 0.6) is 0 Å². The zero-order valence-electron chi connectivity index (χ0n) is 15.0. The molecule has 1 heterocycles. The van der Waals surface area contributed by atoms with Gasteiger partial charge in [-0.15, -0.1) is 0 Å². The molecule has 1 saturated heterocycles. The van der Waals surface area contributed by atoms with Gasteiger partial charge in [-0.3, -0.25) is 9.59 Å². The van der Waals surface area contributed by atoms with E-state index < -0.39 is 30.6 Å². The molecule has 4 bridgehead atoms. The van der Waals surface area contributed by atoms with Crippen molar-refractivity contribution in [2.75, 3.05) is 13.2 Å². The molecule has 5 rings (SSSR count). The summed E-state index contributed by atoms with van der Waals surface area (Å²) >= 11 is 0. The number of likely N-dealkylation sites (tertiary alicyclic amines) is 1. The summed E-state index contributed by atoms with van der Waals surface area (Å²) < 4.78 is 12.8. The van der Waals surface area contributed by atoms with Crippen molar-refractivity contribution in [3.8, 4) is 0 Å². The molecule has 5 aliphatic rings. The first-order valence-corrected chi connectivity index (χ1v) is 9.82. The number of nitrogens with zero attached hydrogens (tertiary/aromatic N) is 1. The van der Waals surface area contributed by atoms with Crippen molar-refractivity contribution in [3.63, 3.8) is 0 Å². The second-order valence-electron chi connectivity index (χ2n) is 8.91. The van der Waals surface area contributed by atoms with Gasteiger partial charge < -0.3 is 15.3 Å². The first-order chi connectivity index (χ1) is 12.4. The van der Waals surface area contributed by atoms with Crippen LogP contribution in [0.3, 0.4) is 0 Å². The van der Waals surface area contributed by atoms with Gasteiger partial charge in [0.15, 0.2) is 6.04 Å². The summed E-state index contributed by atoms with van der Waals surface area (Å²) in [6.07, 6.45) is 7.78. The van der Waals surface area contributed by atoms with Crippen molar-refractivity contribution in [1.29, 1.82) is 0 Å². The van der Waals surface area contributed by atoms with E-state index in [1.807, 2.05) is 0 Å². The quantitative estimate of drug-likeness (QED) is 0.776. The normalized spacial score (nSPS) is 39.0. The minimum atomic E-state index is -1.54. The Bertz CT molecular complexity index is 587. The highest BCUT2D eigenvalue weighted by Gasteiger charge is 2.56. The number of alkyl halides is 1. The van der Waals surface area contributed by atoms with Gasteiger partial charge in [-0.25, -0.2) is 9.18 Å². The molecule has 7 heteroatoms. The van der Waals surface area contributed by atoms with Gasteiger partial charge in [0.2, 0.25) is 11.8 Å². The van der Waals surface area contributed by atoms with Crippen LogP contribution in [0.4, 0.5) is 4.39 Å². The van der Waals surface area contributed by atoms with Crippen LogP contribution >= 0.6 is 0 Å². The van der Waals surface area contributed by atoms with Crippen molar-refractivity contribution in [2.24, 2.45) is 23.2 Å². The van der Waals surface area contributed by atoms with Crippen molar-refractivity contribution in [1.82, 2.24) is 10.2 Å². The third-order valence-electron chi connectivity index (χ3n) is 7.08. The van der Waals surface area contributed by atoms with Crippen molar-refractivity contribution in [2.45, 2.75) is 63.5 Å². The first kappa shape index (κ1) is 17.7. The summed E-state index contributed by atoms with van der Waals surface area (Å²) in [6.45, 7) is -0.622. The first-order valence-electron chi connectivity index (χ1n) is 9.82. The van der Waals surface area contributed by atoms with Crippen molar-refractivity contribution >= 4 is 17.8 Å². The van der Waals surface area contributed by atoms with Gasteiger partial charge in [0.05, 0.1) is 5.41 Å². The fourth-order valence-corrected chi connectivity index (χ4v) is 6.39. The molecule has 4 aliphatic carbocycles. The van der Waals surface area contributed by atoms with Crippen LogP contribution < -0.4 is 5.32 Å². The zero-order valence-corrected chi connectivity index (χ0v) is 15.0. The Labute approximate surface area is 152 Å². The average Bonchev–Trinajstić information content (AvgIpc) is 3.06. The smallest absolute Gasteiger partial charge is 0.328 e. The molecule has 2 amide bonds. The number of carbonyl (C=O) groups excluding carboxylic acids is 2. The lowest BCUT2D eigenvalue weighted by molar-refractivity contribution is -0.160. The highest BCUT2D eigenvalue weighted by Crippen LogP contribution is 2.60. The predicted octanol–water partition coefficient (Wildman–Crippen LogP) is 1.73. The lowest BCUT2D eigenvalue weighted by Crippen LogP contribution is -2.58. The Kier molecular flexibility index (Phi) is 4.43. The molecule has 6 nitrogen and oxygen atoms in total. The van der Waals surface area contributed by atoms with Gasteiger partial charge in [0.25, 0.3) is 0 Å². The van der Waals surface area contributed by atoms with Crippen molar-refractivity contribution < 1.29 is 23.9 Å². The lowest BCUT2D eigenvalue weighted by Gasteiger charge is -2.56. The fourth-order valence-electron chi connectivity index (χ4n) is 6.39. The van der Waals surface area contributed by atoms with E-state index in [1.54, 1.807) is 4.90 Å². The topological polar surface area (TPSA) is 86.7 Å². The van der Waals surface area contributed by atoms with Crippen LogP contribution in [0.2, 0.25) is 0 Å². The molecule has 144 valence electrons. The van der Waals surface area contributed by atoms with Gasteiger partial charge in [0, 0.05) is 6.54 Å². The van der Waals surface area contributed by atoms with Gasteiger partial charge in [-0.05, 0) is 69.1 Å². The maximum absolute atomic E-state index is 13.5. The summed E-state index contributed by atoms with van der Waals surface area (Å²) in [5.41, 5.74) is -0.316. The number of aliphatic carboxylic acids is 1. The minimum Gasteiger partial charge on any atom is -0.480 e. The number of carbonyl (C=O) groups is 3. The van der Waals surface area contributed by atoms with E-state index in [4.69, 9.17) is 5.11 Å². The third-order valence-corrected chi connectivity index (χ3v) is 7.08. The number of rotatable bonds is 5. The second-order valence-corrected chi connectivity index (χ2v) is 8.91. The molecule has 1 aliphatic heterocycles. The summed E-state index contributed by atoms with van der Waals surface area (Å²) in [4.78, 5) is 38.6. The number of amides is 2. The van der Waals surface area contributed by atoms with Crippen LogP contribution in [0.1, 0.15) is 51.4 Å². The molecule has 0 radical (unpaired) electrons. The molecule has 2 N–H and O–H groups in total. The number of halogens is 1. The SMILES string of the molecule is O=C(O)C(CF)NC(=O)C1CCCN1C(=O)C12CC3CC(CC(C3)C1)C2. The van der Waals surface area contributed by atoms with Crippen LogP contribution in [0.25, 0.3) is 0 Å². The molecule has 0 aromatic rings. The van der Waals surface area contributed by atoms with Gasteiger partial charge in [-0.1, -0.05) is 0 Å². The van der Waals surface area contributed by atoms with Gasteiger partial charge in [0.1, 0.15) is 12.7 Å². The van der Waals surface area contributed by atoms with Gasteiger partial charge in [-0.2, -0.15) is 0 Å². The molecule has 0 aromatic carbocycles. The maximum atomic E-state index is 13.5. The number of hydrogen-bond acceptors (Lipinski definition) is 3. The third kappa shape index (κ3) is 2.89. The Morgan fingerprint density at radius 2 is 1.69 bits per heavy atom. The zero-order chi connectivity index (χ0) is 18.5. The van der Waals surface area contributed by atoms with E-state index in [2.05, 4.69) is 5.32 Å². The maximum Gasteiger partial charge on any atom is 0.328 e. The average molecular weight is 366 g/mol. The molecular weight excluding hydrogens is 339 g/mol. The molecule has 2 atom stereocenters. The largest absolute Gasteiger partial charge is 0.480 e. The van der Waals surface area contributed by atoms with Gasteiger partial charge >= 0.3 is 5.97 Å². The predicted molar refractivity (Wildman–Crippen MR) is 90.9 cm³/mol. The van der Waals surface area contributed by atoms with E-state index in [9.17, 15) is 18.8 Å². The van der Waals surface area contributed by atoms with E-state index >= 15 is 0 Å². The summed E-state index contributed by atoms with van der Waals surface area (Å²) in [6, 6.07) is -2.21. The molecular formula is C19H27FN2O4. The standard InChI is InChI=1S/C19H27FN2O4/c20-10-14(17(24)25)21-16(23)15-2-1-3-22(15)18(26)19-7-11-4-12(8-19)6-13(5-11)9-19/h11-15H,1-10H2,(H,21,23)(H,24,25). The number of hydrogen-bond donors (Lipinski definition) is 2. The van der Waals surface area contributed by atoms with Crippen LogP contribution in [-0.2, 0) is 14.4 Å². The molecule has 0 aromatic heterocycles. The van der Waals surface area contributed by atoms with E-state index in [-0.39, 0.29) is 11.3 Å². The van der Waals surface area contributed by atoms with Crippen LogP contribution in [0, 0.1) is 23.2 Å². The van der Waals surface area contributed by atoms with E-state index in [0.717, 1.165) is 25.7 Å². The Morgan fingerprint density at radius 3 is 2.19 bits per heavy atom. The van der Waals surface area contributed by atoms with Crippen LogP contribution in [-0.4, -0.2) is 53.1 Å². The minimum absolute atomic E-state index is 0.0846. The van der Waals surface area contributed by atoms with Crippen LogP contribution in [0.15, 0.2) is 0 Å².